The molecule has 0 fully saturated rings. The highest BCUT2D eigenvalue weighted by molar-refractivity contribution is 7.99. The van der Waals surface area contributed by atoms with Crippen LogP contribution in [0.2, 0.25) is 0 Å². The maximum absolute atomic E-state index is 12.7. The Labute approximate surface area is 150 Å². The molecule has 2 aromatic heterocycles. The molecule has 0 aliphatic rings. The minimum absolute atomic E-state index is 0.0225. The fourth-order valence-corrected chi connectivity index (χ4v) is 3.25. The van der Waals surface area contributed by atoms with Gasteiger partial charge in [0.05, 0.1) is 12.0 Å². The molecule has 0 saturated carbocycles. The zero-order valence-corrected chi connectivity index (χ0v) is 14.9. The number of aryl methyl sites for hydroxylation is 1. The summed E-state index contributed by atoms with van der Waals surface area (Å²) >= 11 is 1.32. The number of carbonyl (C=O) groups is 1. The number of hydrogen-bond acceptors (Lipinski definition) is 6. The molecule has 1 amide bonds. The van der Waals surface area contributed by atoms with E-state index in [1.54, 1.807) is 15.8 Å². The van der Waals surface area contributed by atoms with Crippen molar-refractivity contribution >= 4 is 23.4 Å². The Morgan fingerprint density at radius 1 is 1.28 bits per heavy atom. The van der Waals surface area contributed by atoms with Crippen molar-refractivity contribution in [3.8, 4) is 0 Å². The van der Waals surface area contributed by atoms with Crippen LogP contribution in [0.1, 0.15) is 18.2 Å². The predicted molar refractivity (Wildman–Crippen MR) is 95.6 cm³/mol. The Balaban J connectivity index is 1.66. The molecule has 7 nitrogen and oxygen atoms in total. The lowest BCUT2D eigenvalue weighted by molar-refractivity contribution is -0.116. The largest absolute Gasteiger partial charge is 0.467 e. The SMILES string of the molecule is CCN(C(=O)CSc1nnnn1Cc1ccco1)c1ccccc1C. The number of hydrogen-bond donors (Lipinski definition) is 0. The summed E-state index contributed by atoms with van der Waals surface area (Å²) in [6, 6.07) is 11.5. The molecule has 0 spiro atoms. The summed E-state index contributed by atoms with van der Waals surface area (Å²) in [6.45, 7) is 5.02. The lowest BCUT2D eigenvalue weighted by Crippen LogP contribution is -2.32. The van der Waals surface area contributed by atoms with E-state index in [1.165, 1.54) is 11.8 Å². The van der Waals surface area contributed by atoms with E-state index in [1.807, 2.05) is 50.2 Å². The van der Waals surface area contributed by atoms with Crippen molar-refractivity contribution in [2.75, 3.05) is 17.2 Å². The van der Waals surface area contributed by atoms with Crippen LogP contribution in [0.4, 0.5) is 5.69 Å². The van der Waals surface area contributed by atoms with E-state index < -0.39 is 0 Å². The van der Waals surface area contributed by atoms with E-state index in [4.69, 9.17) is 4.42 Å². The second kappa shape index (κ2) is 7.98. The number of tetrazole rings is 1. The first-order valence-corrected chi connectivity index (χ1v) is 8.95. The average molecular weight is 357 g/mol. The normalized spacial score (nSPS) is 10.8. The van der Waals surface area contributed by atoms with Crippen LogP contribution in [0.25, 0.3) is 0 Å². The van der Waals surface area contributed by atoms with Gasteiger partial charge in [-0.05, 0) is 48.0 Å². The highest BCUT2D eigenvalue weighted by atomic mass is 32.2. The third-order valence-electron chi connectivity index (χ3n) is 3.73. The molecule has 0 radical (unpaired) electrons. The maximum Gasteiger partial charge on any atom is 0.237 e. The van der Waals surface area contributed by atoms with Crippen LogP contribution < -0.4 is 4.90 Å². The standard InChI is InChI=1S/C17H19N5O2S/c1-3-21(15-9-5-4-7-13(15)2)16(23)12-25-17-18-19-20-22(17)11-14-8-6-10-24-14/h4-10H,3,11-12H2,1-2H3. The molecule has 0 bridgehead atoms. The van der Waals surface area contributed by atoms with Crippen molar-refractivity contribution in [1.82, 2.24) is 20.2 Å². The number of benzene rings is 1. The summed E-state index contributed by atoms with van der Waals surface area (Å²) in [5.41, 5.74) is 2.01. The Hall–Kier alpha value is -2.61. The topological polar surface area (TPSA) is 77.1 Å². The van der Waals surface area contributed by atoms with Gasteiger partial charge in [0.15, 0.2) is 0 Å². The van der Waals surface area contributed by atoms with Gasteiger partial charge in [0.1, 0.15) is 12.3 Å². The number of amides is 1. The third-order valence-corrected chi connectivity index (χ3v) is 4.67. The van der Waals surface area contributed by atoms with Crippen molar-refractivity contribution in [1.29, 1.82) is 0 Å². The van der Waals surface area contributed by atoms with Crippen LogP contribution in [0.15, 0.2) is 52.2 Å². The summed E-state index contributed by atoms with van der Waals surface area (Å²) in [4.78, 5) is 14.4. The quantitative estimate of drug-likeness (QED) is 0.605. The van der Waals surface area contributed by atoms with E-state index in [2.05, 4.69) is 15.5 Å². The van der Waals surface area contributed by atoms with Gasteiger partial charge in [0.25, 0.3) is 0 Å². The molecule has 2 heterocycles. The Kier molecular flexibility index (Phi) is 5.49. The number of carbonyl (C=O) groups excluding carboxylic acids is 1. The number of rotatable bonds is 7. The maximum atomic E-state index is 12.7. The van der Waals surface area contributed by atoms with Crippen LogP contribution in [0.3, 0.4) is 0 Å². The van der Waals surface area contributed by atoms with Gasteiger partial charge >= 0.3 is 0 Å². The summed E-state index contributed by atoms with van der Waals surface area (Å²) in [6.07, 6.45) is 1.61. The van der Waals surface area contributed by atoms with Crippen LogP contribution in [0, 0.1) is 6.92 Å². The van der Waals surface area contributed by atoms with Gasteiger partial charge in [-0.25, -0.2) is 4.68 Å². The molecule has 0 N–H and O–H groups in total. The number of nitrogens with zero attached hydrogens (tertiary/aromatic N) is 5. The molecular formula is C17H19N5O2S. The molecule has 8 heteroatoms. The first kappa shape index (κ1) is 17.2. The monoisotopic (exact) mass is 357 g/mol. The second-order valence-corrected chi connectivity index (χ2v) is 6.35. The Morgan fingerprint density at radius 2 is 2.12 bits per heavy atom. The van der Waals surface area contributed by atoms with Gasteiger partial charge in [-0.15, -0.1) is 5.10 Å². The number of para-hydroxylation sites is 1. The lowest BCUT2D eigenvalue weighted by Gasteiger charge is -2.22. The third kappa shape index (κ3) is 4.08. The number of aromatic nitrogens is 4. The summed E-state index contributed by atoms with van der Waals surface area (Å²) in [5, 5.41) is 12.2. The van der Waals surface area contributed by atoms with E-state index in [0.717, 1.165) is 17.0 Å². The van der Waals surface area contributed by atoms with E-state index in [-0.39, 0.29) is 11.7 Å². The van der Waals surface area contributed by atoms with E-state index in [0.29, 0.717) is 18.2 Å². The summed E-state index contributed by atoms with van der Waals surface area (Å²) in [5.74, 6) is 1.05. The molecule has 3 rings (SSSR count). The first-order valence-electron chi connectivity index (χ1n) is 7.96. The molecule has 0 unspecified atom stereocenters. The molecular weight excluding hydrogens is 338 g/mol. The minimum Gasteiger partial charge on any atom is -0.467 e. The lowest BCUT2D eigenvalue weighted by atomic mass is 10.2. The van der Waals surface area contributed by atoms with Crippen LogP contribution >= 0.6 is 11.8 Å². The second-order valence-electron chi connectivity index (χ2n) is 5.41. The van der Waals surface area contributed by atoms with Gasteiger partial charge in [-0.3, -0.25) is 4.79 Å². The van der Waals surface area contributed by atoms with Crippen LogP contribution in [-0.4, -0.2) is 38.4 Å². The molecule has 25 heavy (non-hydrogen) atoms. The number of anilines is 1. The van der Waals surface area contributed by atoms with Gasteiger partial charge in [0, 0.05) is 12.2 Å². The van der Waals surface area contributed by atoms with Crippen molar-refractivity contribution in [3.05, 3.63) is 54.0 Å². The average Bonchev–Trinajstić information content (AvgIpc) is 3.28. The molecule has 3 aromatic rings. The zero-order chi connectivity index (χ0) is 17.6. The Morgan fingerprint density at radius 3 is 2.84 bits per heavy atom. The minimum atomic E-state index is 0.0225. The van der Waals surface area contributed by atoms with Gasteiger partial charge in [-0.1, -0.05) is 30.0 Å². The van der Waals surface area contributed by atoms with Gasteiger partial charge in [-0.2, -0.15) is 0 Å². The molecule has 0 atom stereocenters. The smallest absolute Gasteiger partial charge is 0.237 e. The van der Waals surface area contributed by atoms with Crippen molar-refractivity contribution < 1.29 is 9.21 Å². The fraction of sp³-hybridized carbons (Fsp3) is 0.294. The first-order chi connectivity index (χ1) is 12.2. The predicted octanol–water partition coefficient (Wildman–Crippen LogP) is 2.77. The fourth-order valence-electron chi connectivity index (χ4n) is 2.50. The van der Waals surface area contributed by atoms with Gasteiger partial charge < -0.3 is 9.32 Å². The zero-order valence-electron chi connectivity index (χ0n) is 14.1. The molecule has 0 aliphatic carbocycles. The summed E-state index contributed by atoms with van der Waals surface area (Å²) in [7, 11) is 0. The molecule has 0 saturated heterocycles. The van der Waals surface area contributed by atoms with E-state index >= 15 is 0 Å². The highest BCUT2D eigenvalue weighted by Crippen LogP contribution is 2.22. The Bertz CT molecular complexity index is 831. The number of furan rings is 1. The molecule has 1 aromatic carbocycles. The van der Waals surface area contributed by atoms with E-state index in [9.17, 15) is 4.79 Å². The van der Waals surface area contributed by atoms with Crippen molar-refractivity contribution in [2.45, 2.75) is 25.5 Å². The van der Waals surface area contributed by atoms with Crippen molar-refractivity contribution in [2.24, 2.45) is 0 Å². The van der Waals surface area contributed by atoms with Crippen molar-refractivity contribution in [3.63, 3.8) is 0 Å². The molecule has 0 aliphatic heterocycles. The van der Waals surface area contributed by atoms with Crippen LogP contribution in [0.5, 0.6) is 0 Å². The summed E-state index contributed by atoms with van der Waals surface area (Å²) < 4.78 is 6.94. The van der Waals surface area contributed by atoms with Gasteiger partial charge in [0.2, 0.25) is 11.1 Å². The molecule has 130 valence electrons. The number of thioether (sulfide) groups is 1. The highest BCUT2D eigenvalue weighted by Gasteiger charge is 2.18. The van der Waals surface area contributed by atoms with Crippen LogP contribution in [-0.2, 0) is 11.3 Å².